The molecule has 1 aliphatic rings. The maximum Gasteiger partial charge on any atom is 0.490 e. The Morgan fingerprint density at radius 2 is 1.59 bits per heavy atom. The lowest BCUT2D eigenvalue weighted by Crippen LogP contribution is -2.31. The van der Waals surface area contributed by atoms with Gasteiger partial charge in [0, 0.05) is 41.6 Å². The normalized spacial score (nSPS) is 17.0. The van der Waals surface area contributed by atoms with Crippen LogP contribution in [0.5, 0.6) is 5.75 Å². The second-order valence-corrected chi connectivity index (χ2v) is 9.49. The van der Waals surface area contributed by atoms with Gasteiger partial charge in [0.1, 0.15) is 6.33 Å². The van der Waals surface area contributed by atoms with Crippen LogP contribution in [-0.2, 0) is 4.79 Å². The van der Waals surface area contributed by atoms with Crippen molar-refractivity contribution in [3.63, 3.8) is 0 Å². The van der Waals surface area contributed by atoms with Crippen LogP contribution in [0.2, 0.25) is 0 Å². The van der Waals surface area contributed by atoms with Crippen molar-refractivity contribution in [2.75, 3.05) is 6.54 Å². The van der Waals surface area contributed by atoms with Crippen LogP contribution in [0, 0.1) is 17.6 Å². The molecule has 2 aromatic heterocycles. The topological polar surface area (TPSA) is 130 Å². The summed E-state index contributed by atoms with van der Waals surface area (Å²) in [5.41, 5.74) is 2.78. The number of halogens is 5. The SMILES string of the molecule is O=C(NCC1CCC(n2cc3cc(-c4cncnc4)ccc3n2)CC1)c1cc(F)c(O)c(F)c1.O=C(O)C(F)(F)F. The first-order valence-corrected chi connectivity index (χ1v) is 12.4. The maximum absolute atomic E-state index is 13.5. The summed E-state index contributed by atoms with van der Waals surface area (Å²) < 4.78 is 60.8. The fourth-order valence-electron chi connectivity index (χ4n) is 4.51. The highest BCUT2D eigenvalue weighted by atomic mass is 19.4. The molecule has 1 amide bonds. The van der Waals surface area contributed by atoms with Crippen molar-refractivity contribution in [1.29, 1.82) is 0 Å². The number of carbonyl (C=O) groups excluding carboxylic acids is 1. The van der Waals surface area contributed by atoms with Crippen LogP contribution < -0.4 is 5.32 Å². The second kappa shape index (κ2) is 12.3. The molecule has 0 atom stereocenters. The van der Waals surface area contributed by atoms with Gasteiger partial charge >= 0.3 is 12.1 Å². The van der Waals surface area contributed by atoms with Gasteiger partial charge in [0.05, 0.1) is 11.6 Å². The van der Waals surface area contributed by atoms with Crippen LogP contribution in [0.15, 0.2) is 55.2 Å². The van der Waals surface area contributed by atoms with E-state index in [1.165, 1.54) is 6.33 Å². The van der Waals surface area contributed by atoms with E-state index in [1.54, 1.807) is 12.4 Å². The fourth-order valence-corrected chi connectivity index (χ4v) is 4.51. The molecule has 2 aromatic carbocycles. The molecule has 1 fully saturated rings. The van der Waals surface area contributed by atoms with Gasteiger partial charge in [-0.05, 0) is 61.4 Å². The third kappa shape index (κ3) is 7.32. The first-order valence-electron chi connectivity index (χ1n) is 12.4. The summed E-state index contributed by atoms with van der Waals surface area (Å²) in [6.07, 6.45) is 5.74. The minimum absolute atomic E-state index is 0.147. The Hall–Kier alpha value is -4.62. The van der Waals surface area contributed by atoms with Gasteiger partial charge in [-0.15, -0.1) is 0 Å². The number of amides is 1. The molecule has 216 valence electrons. The lowest BCUT2D eigenvalue weighted by molar-refractivity contribution is -0.192. The zero-order valence-electron chi connectivity index (χ0n) is 21.3. The fraction of sp³-hybridized carbons (Fsp3) is 0.296. The number of hydrogen-bond acceptors (Lipinski definition) is 6. The molecule has 14 heteroatoms. The van der Waals surface area contributed by atoms with Crippen LogP contribution in [0.25, 0.3) is 22.0 Å². The standard InChI is InChI=1S/C25H23F2N5O2.C2HF3O2/c26-21-8-17(9-22(27)24(21)33)25(34)30-10-15-1-4-20(5-2-15)32-13-18-7-16(3-6-23(18)31-32)19-11-28-14-29-12-19;3-2(4,5)1(6)7/h3,6-9,11-15,20,33H,1-2,4-5,10H2,(H,30,34);(H,6,7). The smallest absolute Gasteiger partial charge is 0.490 e. The molecule has 1 aliphatic carbocycles. The quantitative estimate of drug-likeness (QED) is 0.276. The third-order valence-corrected chi connectivity index (χ3v) is 6.68. The molecule has 0 bridgehead atoms. The average molecular weight is 578 g/mol. The van der Waals surface area contributed by atoms with Crippen LogP contribution >= 0.6 is 0 Å². The Morgan fingerprint density at radius 1 is 0.976 bits per heavy atom. The van der Waals surface area contributed by atoms with E-state index >= 15 is 0 Å². The lowest BCUT2D eigenvalue weighted by Gasteiger charge is -2.28. The Balaban J connectivity index is 0.000000493. The van der Waals surface area contributed by atoms with Gasteiger partial charge in [-0.25, -0.2) is 23.5 Å². The number of benzene rings is 2. The molecule has 0 unspecified atom stereocenters. The molecule has 0 saturated heterocycles. The minimum atomic E-state index is -5.08. The number of phenols is 1. The van der Waals surface area contributed by atoms with E-state index in [-0.39, 0.29) is 17.5 Å². The number of carboxylic acid groups (broad SMARTS) is 1. The molecule has 0 spiro atoms. The summed E-state index contributed by atoms with van der Waals surface area (Å²) in [5.74, 6) is -6.42. The Kier molecular flexibility index (Phi) is 8.79. The molecule has 3 N–H and O–H groups in total. The summed E-state index contributed by atoms with van der Waals surface area (Å²) >= 11 is 0. The van der Waals surface area contributed by atoms with Crippen molar-refractivity contribution in [3.05, 3.63) is 72.4 Å². The van der Waals surface area contributed by atoms with E-state index in [9.17, 15) is 31.9 Å². The van der Waals surface area contributed by atoms with E-state index in [4.69, 9.17) is 15.0 Å². The first kappa shape index (κ1) is 29.4. The first-order chi connectivity index (χ1) is 19.4. The highest BCUT2D eigenvalue weighted by Crippen LogP contribution is 2.33. The lowest BCUT2D eigenvalue weighted by atomic mass is 9.86. The molecule has 0 radical (unpaired) electrons. The summed E-state index contributed by atoms with van der Waals surface area (Å²) in [5, 5.41) is 24.9. The number of nitrogens with one attached hydrogen (secondary N) is 1. The monoisotopic (exact) mass is 577 g/mol. The molecular formula is C27H24F5N5O4. The van der Waals surface area contributed by atoms with Gasteiger partial charge in [-0.1, -0.05) is 6.07 Å². The van der Waals surface area contributed by atoms with Gasteiger partial charge in [0.2, 0.25) is 0 Å². The van der Waals surface area contributed by atoms with E-state index in [1.807, 2.05) is 16.8 Å². The van der Waals surface area contributed by atoms with E-state index in [0.29, 0.717) is 6.54 Å². The van der Waals surface area contributed by atoms with Crippen molar-refractivity contribution in [1.82, 2.24) is 25.1 Å². The molecule has 0 aliphatic heterocycles. The van der Waals surface area contributed by atoms with Crippen LogP contribution in [0.1, 0.15) is 42.1 Å². The minimum Gasteiger partial charge on any atom is -0.503 e. The number of carbonyl (C=O) groups is 2. The van der Waals surface area contributed by atoms with E-state index in [0.717, 1.165) is 59.8 Å². The molecule has 2 heterocycles. The number of aromatic hydroxyl groups is 1. The summed E-state index contributed by atoms with van der Waals surface area (Å²) in [6, 6.07) is 8.07. The number of aromatic nitrogens is 4. The number of alkyl halides is 3. The van der Waals surface area contributed by atoms with Crippen molar-refractivity contribution in [2.45, 2.75) is 37.9 Å². The Bertz CT molecular complexity index is 1510. The van der Waals surface area contributed by atoms with Crippen molar-refractivity contribution in [3.8, 4) is 16.9 Å². The molecule has 4 aromatic rings. The van der Waals surface area contributed by atoms with Gasteiger partial charge < -0.3 is 15.5 Å². The zero-order valence-corrected chi connectivity index (χ0v) is 21.3. The van der Waals surface area contributed by atoms with E-state index in [2.05, 4.69) is 27.5 Å². The second-order valence-electron chi connectivity index (χ2n) is 9.49. The number of hydrogen-bond donors (Lipinski definition) is 3. The zero-order chi connectivity index (χ0) is 29.7. The molecular weight excluding hydrogens is 553 g/mol. The van der Waals surface area contributed by atoms with Gasteiger partial charge in [0.15, 0.2) is 17.4 Å². The number of rotatable bonds is 5. The number of nitrogens with zero attached hydrogens (tertiary/aromatic N) is 4. The molecule has 5 rings (SSSR count). The predicted octanol–water partition coefficient (Wildman–Crippen LogP) is 5.27. The van der Waals surface area contributed by atoms with Gasteiger partial charge in [0.25, 0.3) is 5.91 Å². The Morgan fingerprint density at radius 3 is 2.17 bits per heavy atom. The summed E-state index contributed by atoms with van der Waals surface area (Å²) in [4.78, 5) is 29.3. The number of carboxylic acids is 1. The summed E-state index contributed by atoms with van der Waals surface area (Å²) in [6.45, 7) is 0.430. The van der Waals surface area contributed by atoms with Gasteiger partial charge in [-0.3, -0.25) is 9.48 Å². The number of aliphatic carboxylic acids is 1. The highest BCUT2D eigenvalue weighted by Gasteiger charge is 2.38. The van der Waals surface area contributed by atoms with Crippen molar-refractivity contribution < 1.29 is 41.8 Å². The maximum atomic E-state index is 13.5. The predicted molar refractivity (Wildman–Crippen MR) is 136 cm³/mol. The summed E-state index contributed by atoms with van der Waals surface area (Å²) in [7, 11) is 0. The molecule has 9 nitrogen and oxygen atoms in total. The van der Waals surface area contributed by atoms with E-state index < -0.39 is 35.4 Å². The van der Waals surface area contributed by atoms with Crippen LogP contribution in [0.4, 0.5) is 22.0 Å². The van der Waals surface area contributed by atoms with Crippen LogP contribution in [0.3, 0.4) is 0 Å². The average Bonchev–Trinajstić information content (AvgIpc) is 3.38. The third-order valence-electron chi connectivity index (χ3n) is 6.68. The van der Waals surface area contributed by atoms with Crippen LogP contribution in [-0.4, -0.2) is 54.6 Å². The number of phenolic OH excluding ortho intramolecular Hbond substituents is 1. The van der Waals surface area contributed by atoms with Crippen molar-refractivity contribution in [2.24, 2.45) is 5.92 Å². The number of fused-ring (bicyclic) bond motifs is 1. The van der Waals surface area contributed by atoms with Crippen molar-refractivity contribution >= 4 is 22.8 Å². The Labute approximate surface area is 229 Å². The largest absolute Gasteiger partial charge is 0.503 e. The highest BCUT2D eigenvalue weighted by molar-refractivity contribution is 5.94. The molecule has 41 heavy (non-hydrogen) atoms. The van der Waals surface area contributed by atoms with Gasteiger partial charge in [-0.2, -0.15) is 18.3 Å². The molecule has 1 saturated carbocycles.